The third-order valence-corrected chi connectivity index (χ3v) is 4.51. The van der Waals surface area contributed by atoms with Crippen LogP contribution >= 0.6 is 0 Å². The molecule has 130 valence electrons. The van der Waals surface area contributed by atoms with Gasteiger partial charge < -0.3 is 4.90 Å². The van der Waals surface area contributed by atoms with Crippen molar-refractivity contribution < 1.29 is 9.72 Å². The molecule has 6 heteroatoms. The molecule has 0 N–H and O–H groups in total. The van der Waals surface area contributed by atoms with Gasteiger partial charge in [0.2, 0.25) is 0 Å². The Hall–Kier alpha value is -2.73. The molecule has 0 bridgehead atoms. The Labute approximate surface area is 146 Å². The first kappa shape index (κ1) is 17.1. The Morgan fingerprint density at radius 1 is 1.00 bits per heavy atom. The second-order valence-corrected chi connectivity index (χ2v) is 6.36. The average Bonchev–Trinajstić information content (AvgIpc) is 2.64. The van der Waals surface area contributed by atoms with Gasteiger partial charge in [-0.1, -0.05) is 29.8 Å². The molecule has 1 heterocycles. The summed E-state index contributed by atoms with van der Waals surface area (Å²) >= 11 is 0. The van der Waals surface area contributed by atoms with Crippen LogP contribution in [0.5, 0.6) is 0 Å². The summed E-state index contributed by atoms with van der Waals surface area (Å²) in [6.07, 6.45) is 0. The van der Waals surface area contributed by atoms with Crippen molar-refractivity contribution in [2.45, 2.75) is 13.5 Å². The monoisotopic (exact) mass is 339 g/mol. The summed E-state index contributed by atoms with van der Waals surface area (Å²) < 4.78 is 0. The third-order valence-electron chi connectivity index (χ3n) is 4.51. The molecule has 0 aromatic heterocycles. The maximum atomic E-state index is 12.5. The van der Waals surface area contributed by atoms with Gasteiger partial charge in [-0.25, -0.2) is 0 Å². The number of hydrogen-bond acceptors (Lipinski definition) is 4. The van der Waals surface area contributed by atoms with Crippen LogP contribution in [-0.4, -0.2) is 46.8 Å². The molecule has 0 saturated carbocycles. The molecule has 0 unspecified atom stereocenters. The molecule has 1 aliphatic heterocycles. The van der Waals surface area contributed by atoms with E-state index in [1.807, 2.05) is 4.90 Å². The third kappa shape index (κ3) is 4.22. The van der Waals surface area contributed by atoms with E-state index in [0.29, 0.717) is 18.7 Å². The Bertz CT molecular complexity index is 748. The van der Waals surface area contributed by atoms with Crippen LogP contribution in [0.2, 0.25) is 0 Å². The molecule has 2 aromatic carbocycles. The van der Waals surface area contributed by atoms with Gasteiger partial charge in [-0.05, 0) is 24.6 Å². The zero-order chi connectivity index (χ0) is 17.8. The van der Waals surface area contributed by atoms with Gasteiger partial charge in [0.15, 0.2) is 0 Å². The minimum Gasteiger partial charge on any atom is -0.336 e. The molecule has 0 aliphatic carbocycles. The lowest BCUT2D eigenvalue weighted by Crippen LogP contribution is -2.48. The number of nitro groups is 1. The number of carbonyl (C=O) groups excluding carboxylic acids is 1. The smallest absolute Gasteiger partial charge is 0.269 e. The van der Waals surface area contributed by atoms with Gasteiger partial charge in [0.25, 0.3) is 11.6 Å². The van der Waals surface area contributed by atoms with Crippen LogP contribution in [0.4, 0.5) is 5.69 Å². The van der Waals surface area contributed by atoms with Gasteiger partial charge in [0, 0.05) is 50.4 Å². The first-order chi connectivity index (χ1) is 12.0. The quantitative estimate of drug-likeness (QED) is 0.634. The Morgan fingerprint density at radius 3 is 2.16 bits per heavy atom. The molecule has 1 aliphatic rings. The Balaban J connectivity index is 1.55. The van der Waals surface area contributed by atoms with Crippen molar-refractivity contribution in [1.29, 1.82) is 0 Å². The number of hydrogen-bond donors (Lipinski definition) is 0. The number of rotatable bonds is 4. The molecule has 2 aromatic rings. The van der Waals surface area contributed by atoms with E-state index in [1.165, 1.54) is 35.4 Å². The van der Waals surface area contributed by atoms with Gasteiger partial charge in [0.05, 0.1) is 4.92 Å². The summed E-state index contributed by atoms with van der Waals surface area (Å²) in [5.41, 5.74) is 3.03. The fraction of sp³-hybridized carbons (Fsp3) is 0.316. The molecular weight excluding hydrogens is 318 g/mol. The number of non-ortho nitro benzene ring substituents is 1. The highest BCUT2D eigenvalue weighted by molar-refractivity contribution is 5.94. The highest BCUT2D eigenvalue weighted by Gasteiger charge is 2.22. The topological polar surface area (TPSA) is 66.7 Å². The minimum atomic E-state index is -0.460. The fourth-order valence-corrected chi connectivity index (χ4v) is 2.97. The van der Waals surface area contributed by atoms with Crippen molar-refractivity contribution in [2.75, 3.05) is 26.2 Å². The van der Waals surface area contributed by atoms with E-state index < -0.39 is 4.92 Å². The maximum absolute atomic E-state index is 12.5. The molecule has 6 nitrogen and oxygen atoms in total. The second-order valence-electron chi connectivity index (χ2n) is 6.36. The zero-order valence-corrected chi connectivity index (χ0v) is 14.2. The number of benzene rings is 2. The first-order valence-corrected chi connectivity index (χ1v) is 8.34. The van der Waals surface area contributed by atoms with E-state index in [4.69, 9.17) is 0 Å². The molecule has 0 radical (unpaired) electrons. The van der Waals surface area contributed by atoms with Crippen LogP contribution in [0.25, 0.3) is 0 Å². The van der Waals surface area contributed by atoms with E-state index in [-0.39, 0.29) is 11.6 Å². The largest absolute Gasteiger partial charge is 0.336 e. The van der Waals surface area contributed by atoms with E-state index in [2.05, 4.69) is 36.1 Å². The molecule has 1 amide bonds. The number of amides is 1. The predicted molar refractivity (Wildman–Crippen MR) is 95.5 cm³/mol. The molecule has 0 atom stereocenters. The molecule has 1 saturated heterocycles. The number of aryl methyl sites for hydroxylation is 1. The van der Waals surface area contributed by atoms with Crippen molar-refractivity contribution in [2.24, 2.45) is 0 Å². The van der Waals surface area contributed by atoms with Crippen molar-refractivity contribution >= 4 is 11.6 Å². The molecule has 25 heavy (non-hydrogen) atoms. The Morgan fingerprint density at radius 2 is 1.60 bits per heavy atom. The van der Waals surface area contributed by atoms with Gasteiger partial charge in [-0.15, -0.1) is 0 Å². The zero-order valence-electron chi connectivity index (χ0n) is 14.2. The van der Waals surface area contributed by atoms with Gasteiger partial charge in [-0.3, -0.25) is 19.8 Å². The number of nitro benzene ring substituents is 1. The lowest BCUT2D eigenvalue weighted by molar-refractivity contribution is -0.384. The Kier molecular flexibility index (Phi) is 5.09. The van der Waals surface area contributed by atoms with Crippen molar-refractivity contribution in [3.63, 3.8) is 0 Å². The van der Waals surface area contributed by atoms with Crippen LogP contribution in [-0.2, 0) is 6.54 Å². The number of nitrogens with zero attached hydrogens (tertiary/aromatic N) is 3. The summed E-state index contributed by atoms with van der Waals surface area (Å²) in [4.78, 5) is 26.9. The summed E-state index contributed by atoms with van der Waals surface area (Å²) in [7, 11) is 0. The maximum Gasteiger partial charge on any atom is 0.269 e. The van der Waals surface area contributed by atoms with E-state index in [9.17, 15) is 14.9 Å². The van der Waals surface area contributed by atoms with E-state index >= 15 is 0 Å². The lowest BCUT2D eigenvalue weighted by Gasteiger charge is -2.34. The van der Waals surface area contributed by atoms with Crippen LogP contribution in [0.3, 0.4) is 0 Å². The highest BCUT2D eigenvalue weighted by Crippen LogP contribution is 2.15. The molecule has 0 spiro atoms. The van der Waals surface area contributed by atoms with E-state index in [0.717, 1.165) is 19.6 Å². The minimum absolute atomic E-state index is 0.000493. The van der Waals surface area contributed by atoms with Crippen LogP contribution < -0.4 is 0 Å². The van der Waals surface area contributed by atoms with Gasteiger partial charge in [0.1, 0.15) is 0 Å². The highest BCUT2D eigenvalue weighted by atomic mass is 16.6. The van der Waals surface area contributed by atoms with E-state index in [1.54, 1.807) is 0 Å². The van der Waals surface area contributed by atoms with Crippen molar-refractivity contribution in [3.8, 4) is 0 Å². The predicted octanol–water partition coefficient (Wildman–Crippen LogP) is 2.86. The number of carbonyl (C=O) groups is 1. The summed E-state index contributed by atoms with van der Waals surface area (Å²) in [6, 6.07) is 14.3. The SMILES string of the molecule is Cc1ccc(CN2CCN(C(=O)c3ccc([N+](=O)[O-])cc3)CC2)cc1. The summed E-state index contributed by atoms with van der Waals surface area (Å²) in [6.45, 7) is 5.95. The van der Waals surface area contributed by atoms with Crippen LogP contribution in [0, 0.1) is 17.0 Å². The summed E-state index contributed by atoms with van der Waals surface area (Å²) in [5, 5.41) is 10.7. The second kappa shape index (κ2) is 7.44. The lowest BCUT2D eigenvalue weighted by atomic mass is 10.1. The summed E-state index contributed by atoms with van der Waals surface area (Å²) in [5.74, 6) is -0.0649. The molecular formula is C19H21N3O3. The standard InChI is InChI=1S/C19H21N3O3/c1-15-2-4-16(5-3-15)14-20-10-12-21(13-11-20)19(23)17-6-8-18(9-7-17)22(24)25/h2-9H,10-14H2,1H3. The van der Waals surface area contributed by atoms with Crippen molar-refractivity contribution in [3.05, 3.63) is 75.3 Å². The van der Waals surface area contributed by atoms with Crippen LogP contribution in [0.1, 0.15) is 21.5 Å². The fourth-order valence-electron chi connectivity index (χ4n) is 2.97. The average molecular weight is 339 g/mol. The number of piperazine rings is 1. The first-order valence-electron chi connectivity index (χ1n) is 8.34. The normalized spacial score (nSPS) is 15.2. The van der Waals surface area contributed by atoms with Gasteiger partial charge >= 0.3 is 0 Å². The van der Waals surface area contributed by atoms with Crippen molar-refractivity contribution in [1.82, 2.24) is 9.80 Å². The molecule has 1 fully saturated rings. The molecule has 3 rings (SSSR count). The van der Waals surface area contributed by atoms with Gasteiger partial charge in [-0.2, -0.15) is 0 Å². The van der Waals surface area contributed by atoms with Crippen LogP contribution in [0.15, 0.2) is 48.5 Å².